The number of H-pyrrole nitrogens is 1. The number of fused-ring (bicyclic) bond motifs is 2. The summed E-state index contributed by atoms with van der Waals surface area (Å²) < 4.78 is 11.8. The fraction of sp³-hybridized carbons (Fsp3) is 0.304. The average Bonchev–Trinajstić information content (AvgIpc) is 3.40. The normalized spacial score (nSPS) is 14.0. The van der Waals surface area contributed by atoms with E-state index in [4.69, 9.17) is 9.15 Å². The molecule has 0 atom stereocenters. The summed E-state index contributed by atoms with van der Waals surface area (Å²) in [6.45, 7) is 1.30. The van der Waals surface area contributed by atoms with Gasteiger partial charge in [0.15, 0.2) is 11.3 Å². The van der Waals surface area contributed by atoms with E-state index in [1.807, 2.05) is 0 Å². The number of aromatic amines is 1. The lowest BCUT2D eigenvalue weighted by molar-refractivity contribution is -0.132. The van der Waals surface area contributed by atoms with Crippen LogP contribution in [0.1, 0.15) is 29.8 Å². The van der Waals surface area contributed by atoms with Gasteiger partial charge in [-0.3, -0.25) is 19.3 Å². The zero-order valence-corrected chi connectivity index (χ0v) is 18.1. The Labute approximate surface area is 188 Å². The number of ether oxygens (including phenoxy) is 1. The van der Waals surface area contributed by atoms with Crippen LogP contribution in [-0.2, 0) is 11.3 Å². The van der Waals surface area contributed by atoms with Gasteiger partial charge in [0.2, 0.25) is 5.91 Å². The lowest BCUT2D eigenvalue weighted by Crippen LogP contribution is -2.39. The van der Waals surface area contributed by atoms with Gasteiger partial charge < -0.3 is 19.4 Å². The van der Waals surface area contributed by atoms with Crippen molar-refractivity contribution < 1.29 is 18.7 Å². The Morgan fingerprint density at radius 1 is 1.15 bits per heavy atom. The number of likely N-dealkylation sites (tertiary alicyclic amines) is 1. The number of methoxy groups -OCH3 is 1. The quantitative estimate of drug-likeness (QED) is 0.483. The van der Waals surface area contributed by atoms with E-state index in [1.165, 1.54) is 4.57 Å². The lowest BCUT2D eigenvalue weighted by Gasteiger charge is -2.26. The summed E-state index contributed by atoms with van der Waals surface area (Å²) in [7, 11) is 1.55. The third-order valence-corrected chi connectivity index (χ3v) is 5.91. The Kier molecular flexibility index (Phi) is 5.33. The topological polar surface area (TPSA) is 122 Å². The molecule has 2 aromatic heterocycles. The molecule has 3 heterocycles. The number of amides is 2. The van der Waals surface area contributed by atoms with Crippen LogP contribution < -0.4 is 15.8 Å². The largest absolute Gasteiger partial charge is 0.497 e. The first kappa shape index (κ1) is 20.8. The third kappa shape index (κ3) is 3.95. The molecule has 0 aliphatic carbocycles. The highest BCUT2D eigenvalue weighted by atomic mass is 16.5. The van der Waals surface area contributed by atoms with Crippen LogP contribution >= 0.6 is 0 Å². The summed E-state index contributed by atoms with van der Waals surface area (Å²) in [6, 6.07) is 10.1. The molecule has 0 radical (unpaired) electrons. The number of carbonyl (C=O) groups is 2. The smallest absolute Gasteiger partial charge is 0.420 e. The van der Waals surface area contributed by atoms with Crippen molar-refractivity contribution in [1.29, 1.82) is 0 Å². The summed E-state index contributed by atoms with van der Waals surface area (Å²) >= 11 is 0. The van der Waals surface area contributed by atoms with Gasteiger partial charge in [-0.05, 0) is 55.7 Å². The van der Waals surface area contributed by atoms with Crippen LogP contribution in [0.5, 0.6) is 5.75 Å². The monoisotopic (exact) mass is 449 g/mol. The number of benzene rings is 2. The first-order valence-corrected chi connectivity index (χ1v) is 10.8. The number of piperidine rings is 1. The molecule has 0 bridgehead atoms. The number of carbonyl (C=O) groups excluding carboxylic acids is 2. The molecule has 10 heteroatoms. The van der Waals surface area contributed by atoms with Crippen LogP contribution in [0.15, 0.2) is 45.6 Å². The molecule has 1 saturated heterocycles. The zero-order chi connectivity index (χ0) is 22.9. The SMILES string of the molecule is COc1ccc2[nH]nc(C(=O)Nc3ccc4oc(=O)n(CC(=O)N5CCCCC5)c4c3)c2c1. The molecule has 2 aromatic carbocycles. The van der Waals surface area contributed by atoms with Crippen molar-refractivity contribution >= 4 is 39.5 Å². The number of hydrogen-bond acceptors (Lipinski definition) is 6. The van der Waals surface area contributed by atoms with Crippen molar-refractivity contribution in [2.45, 2.75) is 25.8 Å². The van der Waals surface area contributed by atoms with Crippen LogP contribution in [0.25, 0.3) is 22.0 Å². The highest BCUT2D eigenvalue weighted by Crippen LogP contribution is 2.24. The van der Waals surface area contributed by atoms with E-state index in [1.54, 1.807) is 48.4 Å². The molecule has 0 saturated carbocycles. The predicted octanol–water partition coefficient (Wildman–Crippen LogP) is 2.74. The number of aromatic nitrogens is 3. The van der Waals surface area contributed by atoms with E-state index in [0.29, 0.717) is 46.5 Å². The maximum atomic E-state index is 12.9. The number of anilines is 1. The summed E-state index contributed by atoms with van der Waals surface area (Å²) in [5, 5.41) is 10.4. The molecule has 10 nitrogen and oxygen atoms in total. The van der Waals surface area contributed by atoms with Crippen molar-refractivity contribution in [2.24, 2.45) is 0 Å². The molecule has 33 heavy (non-hydrogen) atoms. The summed E-state index contributed by atoms with van der Waals surface area (Å²) in [6.07, 6.45) is 3.05. The van der Waals surface area contributed by atoms with E-state index in [9.17, 15) is 14.4 Å². The Bertz CT molecular complexity index is 1410. The molecule has 2 amide bonds. The molecule has 0 unspecified atom stereocenters. The van der Waals surface area contributed by atoms with E-state index in [0.717, 1.165) is 19.3 Å². The van der Waals surface area contributed by atoms with Gasteiger partial charge in [-0.25, -0.2) is 4.79 Å². The van der Waals surface area contributed by atoms with Crippen LogP contribution in [0.4, 0.5) is 5.69 Å². The average molecular weight is 449 g/mol. The lowest BCUT2D eigenvalue weighted by atomic mass is 10.1. The molecule has 1 aliphatic heterocycles. The Morgan fingerprint density at radius 2 is 1.97 bits per heavy atom. The van der Waals surface area contributed by atoms with E-state index in [2.05, 4.69) is 15.5 Å². The number of rotatable bonds is 5. The van der Waals surface area contributed by atoms with Crippen molar-refractivity contribution in [3.8, 4) is 5.75 Å². The number of oxazole rings is 1. The Morgan fingerprint density at radius 3 is 2.76 bits per heavy atom. The van der Waals surface area contributed by atoms with Crippen molar-refractivity contribution in [2.75, 3.05) is 25.5 Å². The minimum Gasteiger partial charge on any atom is -0.497 e. The van der Waals surface area contributed by atoms with Gasteiger partial charge in [-0.1, -0.05) is 0 Å². The molecule has 1 fully saturated rings. The molecular formula is C23H23N5O5. The fourth-order valence-electron chi connectivity index (χ4n) is 4.15. The van der Waals surface area contributed by atoms with E-state index >= 15 is 0 Å². The predicted molar refractivity (Wildman–Crippen MR) is 122 cm³/mol. The Balaban J connectivity index is 1.41. The zero-order valence-electron chi connectivity index (χ0n) is 18.1. The molecule has 0 spiro atoms. The maximum Gasteiger partial charge on any atom is 0.420 e. The standard InChI is InChI=1S/C23H23N5O5/c1-32-15-6-7-17-16(12-15)21(26-25-17)22(30)24-14-5-8-19-18(11-14)28(23(31)33-19)13-20(29)27-9-3-2-4-10-27/h5-8,11-12H,2-4,9-10,13H2,1H3,(H,24,30)(H,25,26). The first-order chi connectivity index (χ1) is 16.0. The van der Waals surface area contributed by atoms with Gasteiger partial charge in [-0.2, -0.15) is 5.10 Å². The maximum absolute atomic E-state index is 12.9. The summed E-state index contributed by atoms with van der Waals surface area (Å²) in [4.78, 5) is 39.8. The van der Waals surface area contributed by atoms with Gasteiger partial charge in [0.1, 0.15) is 12.3 Å². The molecule has 5 rings (SSSR count). The van der Waals surface area contributed by atoms with Gasteiger partial charge in [0.05, 0.1) is 18.1 Å². The highest BCUT2D eigenvalue weighted by molar-refractivity contribution is 6.11. The van der Waals surface area contributed by atoms with Crippen molar-refractivity contribution in [3.05, 3.63) is 52.6 Å². The second-order valence-electron chi connectivity index (χ2n) is 8.02. The summed E-state index contributed by atoms with van der Waals surface area (Å²) in [5.41, 5.74) is 2.16. The van der Waals surface area contributed by atoms with Crippen molar-refractivity contribution in [1.82, 2.24) is 19.7 Å². The summed E-state index contributed by atoms with van der Waals surface area (Å²) in [5.74, 6) is -0.536. The molecule has 4 aromatic rings. The first-order valence-electron chi connectivity index (χ1n) is 10.8. The molecule has 1 aliphatic rings. The molecule has 170 valence electrons. The van der Waals surface area contributed by atoms with Crippen LogP contribution in [-0.4, -0.2) is 51.7 Å². The minimum atomic E-state index is -0.607. The van der Waals surface area contributed by atoms with Gasteiger partial charge in [0.25, 0.3) is 5.91 Å². The second kappa shape index (κ2) is 8.45. The fourth-order valence-corrected chi connectivity index (χ4v) is 4.15. The van der Waals surface area contributed by atoms with Crippen LogP contribution in [0.2, 0.25) is 0 Å². The van der Waals surface area contributed by atoms with Crippen LogP contribution in [0, 0.1) is 0 Å². The molecule has 2 N–H and O–H groups in total. The van der Waals surface area contributed by atoms with Crippen LogP contribution in [0.3, 0.4) is 0 Å². The number of nitrogens with one attached hydrogen (secondary N) is 2. The highest BCUT2D eigenvalue weighted by Gasteiger charge is 2.21. The van der Waals surface area contributed by atoms with E-state index < -0.39 is 11.7 Å². The Hall–Kier alpha value is -4.08. The molecular weight excluding hydrogens is 426 g/mol. The number of hydrogen-bond donors (Lipinski definition) is 2. The third-order valence-electron chi connectivity index (χ3n) is 5.91. The second-order valence-corrected chi connectivity index (χ2v) is 8.02. The van der Waals surface area contributed by atoms with E-state index in [-0.39, 0.29) is 18.1 Å². The van der Waals surface area contributed by atoms with Gasteiger partial charge >= 0.3 is 5.76 Å². The minimum absolute atomic E-state index is 0.104. The number of nitrogens with zero attached hydrogens (tertiary/aromatic N) is 3. The van der Waals surface area contributed by atoms with Crippen molar-refractivity contribution in [3.63, 3.8) is 0 Å². The van der Waals surface area contributed by atoms with Gasteiger partial charge in [0, 0.05) is 24.2 Å². The van der Waals surface area contributed by atoms with Gasteiger partial charge in [-0.15, -0.1) is 0 Å².